The Labute approximate surface area is 125 Å². The zero-order valence-electron chi connectivity index (χ0n) is 12.0. The first-order valence-corrected chi connectivity index (χ1v) is 7.03. The highest BCUT2D eigenvalue weighted by Gasteiger charge is 2.59. The first kappa shape index (κ1) is 15.3. The molecular weight excluding hydrogens is 297 g/mol. The quantitative estimate of drug-likeness (QED) is 0.898. The highest BCUT2D eigenvalue weighted by atomic mass is 19.4. The number of amides is 1. The summed E-state index contributed by atoms with van der Waals surface area (Å²) in [5, 5.41) is 2.94. The van der Waals surface area contributed by atoms with E-state index >= 15 is 0 Å². The van der Waals surface area contributed by atoms with E-state index in [1.165, 1.54) is 6.07 Å². The van der Waals surface area contributed by atoms with Crippen LogP contribution in [0.3, 0.4) is 0 Å². The van der Waals surface area contributed by atoms with E-state index in [9.17, 15) is 18.0 Å². The molecule has 0 spiro atoms. The number of halogens is 3. The lowest BCUT2D eigenvalue weighted by Gasteiger charge is -2.47. The molecule has 3 rings (SSSR count). The van der Waals surface area contributed by atoms with E-state index in [-0.39, 0.29) is 13.2 Å². The molecule has 2 heterocycles. The Bertz CT molecular complexity index is 611. The van der Waals surface area contributed by atoms with Crippen molar-refractivity contribution in [3.8, 4) is 0 Å². The van der Waals surface area contributed by atoms with Gasteiger partial charge in [-0.25, -0.2) is 0 Å². The fourth-order valence-electron chi connectivity index (χ4n) is 3.43. The number of hydrogen-bond donors (Lipinski definition) is 2. The van der Waals surface area contributed by atoms with Crippen molar-refractivity contribution >= 4 is 5.91 Å². The van der Waals surface area contributed by atoms with Gasteiger partial charge < -0.3 is 15.8 Å². The standard InChI is InChI=1S/C15H17F3N2O2/c1-14(6-22-7-14)12(15(16,17)18)11-10-3-2-8(13(19)21)4-9(10)5-20-11/h2-4,11-12,20H,5-7H2,1H3,(H2,19,21)/t11?,12-/m0/s1. The van der Waals surface area contributed by atoms with Crippen LogP contribution in [0.25, 0.3) is 0 Å². The van der Waals surface area contributed by atoms with Gasteiger partial charge in [-0.1, -0.05) is 13.0 Å². The van der Waals surface area contributed by atoms with Crippen LogP contribution in [0.1, 0.15) is 34.5 Å². The van der Waals surface area contributed by atoms with E-state index < -0.39 is 29.5 Å². The molecule has 1 unspecified atom stereocenters. The molecule has 22 heavy (non-hydrogen) atoms. The Balaban J connectivity index is 1.98. The molecular formula is C15H17F3N2O2. The third-order valence-corrected chi connectivity index (χ3v) is 4.58. The zero-order chi connectivity index (χ0) is 16.1. The maximum atomic E-state index is 13.6. The summed E-state index contributed by atoms with van der Waals surface area (Å²) in [6.07, 6.45) is -4.33. The van der Waals surface area contributed by atoms with E-state index in [2.05, 4.69) is 5.32 Å². The molecule has 2 atom stereocenters. The van der Waals surface area contributed by atoms with E-state index in [0.29, 0.717) is 23.2 Å². The molecule has 1 saturated heterocycles. The van der Waals surface area contributed by atoms with Gasteiger partial charge in [0, 0.05) is 23.6 Å². The summed E-state index contributed by atoms with van der Waals surface area (Å²) in [6, 6.07) is 3.79. The van der Waals surface area contributed by atoms with Gasteiger partial charge in [0.15, 0.2) is 0 Å². The van der Waals surface area contributed by atoms with Crippen molar-refractivity contribution in [2.75, 3.05) is 13.2 Å². The number of hydrogen-bond acceptors (Lipinski definition) is 3. The third-order valence-electron chi connectivity index (χ3n) is 4.58. The number of nitrogens with two attached hydrogens (primary N) is 1. The Kier molecular flexibility index (Phi) is 3.45. The van der Waals surface area contributed by atoms with Gasteiger partial charge in [0.1, 0.15) is 0 Å². The molecule has 0 bridgehead atoms. The predicted octanol–water partition coefficient (Wildman–Crippen LogP) is 2.14. The molecule has 2 aliphatic heterocycles. The number of carbonyl (C=O) groups excluding carboxylic acids is 1. The molecule has 0 aliphatic carbocycles. The molecule has 1 fully saturated rings. The molecule has 1 aromatic rings. The number of benzene rings is 1. The van der Waals surface area contributed by atoms with Crippen LogP contribution in [-0.2, 0) is 11.3 Å². The van der Waals surface area contributed by atoms with Crippen molar-refractivity contribution in [1.82, 2.24) is 5.32 Å². The first-order valence-electron chi connectivity index (χ1n) is 7.03. The number of ether oxygens (including phenoxy) is 1. The lowest BCUT2D eigenvalue weighted by Crippen LogP contribution is -2.54. The fraction of sp³-hybridized carbons (Fsp3) is 0.533. The molecule has 0 saturated carbocycles. The maximum absolute atomic E-state index is 13.6. The number of rotatable bonds is 3. The van der Waals surface area contributed by atoms with Crippen LogP contribution >= 0.6 is 0 Å². The molecule has 1 aromatic carbocycles. The largest absolute Gasteiger partial charge is 0.394 e. The summed E-state index contributed by atoms with van der Waals surface area (Å²) in [5.41, 5.74) is 5.87. The third kappa shape index (κ3) is 2.38. The van der Waals surface area contributed by atoms with Gasteiger partial charge in [-0.3, -0.25) is 4.79 Å². The first-order chi connectivity index (χ1) is 10.2. The van der Waals surface area contributed by atoms with Gasteiger partial charge in [0.25, 0.3) is 0 Å². The smallest absolute Gasteiger partial charge is 0.380 e. The summed E-state index contributed by atoms with van der Waals surface area (Å²) < 4.78 is 45.9. The topological polar surface area (TPSA) is 64.3 Å². The van der Waals surface area contributed by atoms with Crippen LogP contribution in [0.5, 0.6) is 0 Å². The van der Waals surface area contributed by atoms with Crippen LogP contribution in [0.15, 0.2) is 18.2 Å². The van der Waals surface area contributed by atoms with Gasteiger partial charge >= 0.3 is 6.18 Å². The number of alkyl halides is 3. The lowest BCUT2D eigenvalue weighted by molar-refractivity contribution is -0.261. The Hall–Kier alpha value is -1.60. The van der Waals surface area contributed by atoms with Crippen molar-refractivity contribution in [3.63, 3.8) is 0 Å². The molecule has 120 valence electrons. The monoisotopic (exact) mass is 314 g/mol. The van der Waals surface area contributed by atoms with Crippen LogP contribution in [0.2, 0.25) is 0 Å². The van der Waals surface area contributed by atoms with E-state index in [1.54, 1.807) is 19.1 Å². The van der Waals surface area contributed by atoms with Gasteiger partial charge in [-0.15, -0.1) is 0 Å². The maximum Gasteiger partial charge on any atom is 0.394 e. The molecule has 0 radical (unpaired) electrons. The minimum Gasteiger partial charge on any atom is -0.380 e. The van der Waals surface area contributed by atoms with Crippen LogP contribution < -0.4 is 11.1 Å². The van der Waals surface area contributed by atoms with Gasteiger partial charge in [-0.05, 0) is 23.3 Å². The second kappa shape index (κ2) is 4.96. The number of fused-ring (bicyclic) bond motifs is 1. The SMILES string of the molecule is CC1([C@H](C2NCc3cc(C(N)=O)ccc32)C(F)(F)F)COC1. The van der Waals surface area contributed by atoms with Gasteiger partial charge in [-0.2, -0.15) is 13.2 Å². The summed E-state index contributed by atoms with van der Waals surface area (Å²) in [7, 11) is 0. The fourth-order valence-corrected chi connectivity index (χ4v) is 3.43. The van der Waals surface area contributed by atoms with Crippen LogP contribution in [-0.4, -0.2) is 25.3 Å². The predicted molar refractivity (Wildman–Crippen MR) is 73.0 cm³/mol. The van der Waals surface area contributed by atoms with Crippen molar-refractivity contribution in [3.05, 3.63) is 34.9 Å². The summed E-state index contributed by atoms with van der Waals surface area (Å²) in [4.78, 5) is 11.2. The van der Waals surface area contributed by atoms with E-state index in [0.717, 1.165) is 0 Å². The lowest BCUT2D eigenvalue weighted by atomic mass is 9.70. The number of carbonyl (C=O) groups is 1. The molecule has 1 amide bonds. The average Bonchev–Trinajstić information content (AvgIpc) is 2.78. The van der Waals surface area contributed by atoms with Crippen LogP contribution in [0, 0.1) is 11.3 Å². The van der Waals surface area contributed by atoms with E-state index in [4.69, 9.17) is 10.5 Å². The highest BCUT2D eigenvalue weighted by molar-refractivity contribution is 5.93. The second-order valence-electron chi connectivity index (χ2n) is 6.30. The van der Waals surface area contributed by atoms with Gasteiger partial charge in [0.05, 0.1) is 19.1 Å². The molecule has 3 N–H and O–H groups in total. The van der Waals surface area contributed by atoms with Crippen molar-refractivity contribution < 1.29 is 22.7 Å². The minimum absolute atomic E-state index is 0.101. The normalized spacial score (nSPS) is 24.5. The van der Waals surface area contributed by atoms with Crippen molar-refractivity contribution in [1.29, 1.82) is 0 Å². The van der Waals surface area contributed by atoms with Gasteiger partial charge in [0.2, 0.25) is 5.91 Å². The molecule has 7 heteroatoms. The average molecular weight is 314 g/mol. The Morgan fingerprint density at radius 3 is 2.64 bits per heavy atom. The summed E-state index contributed by atoms with van der Waals surface area (Å²) in [6.45, 7) is 2.10. The zero-order valence-corrected chi connectivity index (χ0v) is 12.0. The van der Waals surface area contributed by atoms with Crippen LogP contribution in [0.4, 0.5) is 13.2 Å². The highest BCUT2D eigenvalue weighted by Crippen LogP contribution is 2.52. The number of nitrogens with one attached hydrogen (secondary N) is 1. The molecule has 2 aliphatic rings. The Morgan fingerprint density at radius 2 is 2.14 bits per heavy atom. The van der Waals surface area contributed by atoms with E-state index in [1.807, 2.05) is 0 Å². The van der Waals surface area contributed by atoms with Crippen molar-refractivity contribution in [2.45, 2.75) is 25.7 Å². The summed E-state index contributed by atoms with van der Waals surface area (Å²) in [5.74, 6) is -2.12. The van der Waals surface area contributed by atoms with Crippen molar-refractivity contribution in [2.24, 2.45) is 17.1 Å². The molecule has 4 nitrogen and oxygen atoms in total. The Morgan fingerprint density at radius 1 is 1.45 bits per heavy atom. The summed E-state index contributed by atoms with van der Waals surface area (Å²) >= 11 is 0. The second-order valence-corrected chi connectivity index (χ2v) is 6.30. The minimum atomic E-state index is -4.33. The number of primary amides is 1. The molecule has 0 aromatic heterocycles.